The van der Waals surface area contributed by atoms with E-state index in [2.05, 4.69) is 5.32 Å². The molecule has 1 N–H and O–H groups in total. The first-order chi connectivity index (χ1) is 15.0. The summed E-state index contributed by atoms with van der Waals surface area (Å²) in [5.74, 6) is -0.775. The standard InChI is InChI=1S/C24H17Cl2FN2O2/c25-20-11-18(10-19(13-28)24(30)29-14-16-6-2-1-3-7-16)23(21(26)12-20)31-15-17-8-4-5-9-22(17)27/h1-12H,14-15H2,(H,29,30)/b19-10+. The van der Waals surface area contributed by atoms with Gasteiger partial charge in [-0.25, -0.2) is 4.39 Å². The van der Waals surface area contributed by atoms with Crippen LogP contribution in [0.2, 0.25) is 10.0 Å². The normalized spacial score (nSPS) is 11.0. The van der Waals surface area contributed by atoms with Gasteiger partial charge < -0.3 is 10.1 Å². The van der Waals surface area contributed by atoms with Crippen LogP contribution in [0.25, 0.3) is 6.08 Å². The number of hydrogen-bond donors (Lipinski definition) is 1. The molecule has 0 aliphatic heterocycles. The van der Waals surface area contributed by atoms with Gasteiger partial charge >= 0.3 is 0 Å². The Hall–Kier alpha value is -3.33. The van der Waals surface area contributed by atoms with Crippen LogP contribution >= 0.6 is 23.2 Å². The molecule has 0 heterocycles. The number of carbonyl (C=O) groups excluding carboxylic acids is 1. The number of ether oxygens (including phenoxy) is 1. The zero-order valence-corrected chi connectivity index (χ0v) is 17.8. The van der Waals surface area contributed by atoms with Crippen molar-refractivity contribution in [1.29, 1.82) is 5.26 Å². The third-order valence-electron chi connectivity index (χ3n) is 4.33. The van der Waals surface area contributed by atoms with E-state index in [1.165, 1.54) is 24.3 Å². The molecule has 1 amide bonds. The Morgan fingerprint density at radius 1 is 1.10 bits per heavy atom. The lowest BCUT2D eigenvalue weighted by Gasteiger charge is -2.13. The summed E-state index contributed by atoms with van der Waals surface area (Å²) in [6, 6.07) is 20.4. The summed E-state index contributed by atoms with van der Waals surface area (Å²) in [6.07, 6.45) is 1.34. The van der Waals surface area contributed by atoms with Crippen LogP contribution in [0.3, 0.4) is 0 Å². The molecule has 0 aliphatic carbocycles. The maximum atomic E-state index is 13.9. The number of rotatable bonds is 7. The van der Waals surface area contributed by atoms with Gasteiger partial charge in [-0.1, -0.05) is 71.7 Å². The average Bonchev–Trinajstić information content (AvgIpc) is 2.77. The largest absolute Gasteiger partial charge is 0.487 e. The van der Waals surface area contributed by atoms with Gasteiger partial charge in [0.25, 0.3) is 5.91 Å². The highest BCUT2D eigenvalue weighted by Gasteiger charge is 2.15. The van der Waals surface area contributed by atoms with Crippen LogP contribution in [0.5, 0.6) is 5.75 Å². The molecule has 0 spiro atoms. The van der Waals surface area contributed by atoms with Gasteiger partial charge in [0.15, 0.2) is 0 Å². The van der Waals surface area contributed by atoms with Crippen molar-refractivity contribution in [2.75, 3.05) is 0 Å². The molecule has 0 aromatic heterocycles. The SMILES string of the molecule is N#C/C(=C\c1cc(Cl)cc(Cl)c1OCc1ccccc1F)C(=O)NCc1ccccc1. The van der Waals surface area contributed by atoms with Gasteiger partial charge in [-0.3, -0.25) is 4.79 Å². The zero-order chi connectivity index (χ0) is 22.2. The molecule has 4 nitrogen and oxygen atoms in total. The minimum atomic E-state index is -0.553. The minimum Gasteiger partial charge on any atom is -0.487 e. The number of hydrogen-bond acceptors (Lipinski definition) is 3. The monoisotopic (exact) mass is 454 g/mol. The maximum absolute atomic E-state index is 13.9. The highest BCUT2D eigenvalue weighted by Crippen LogP contribution is 2.34. The fourth-order valence-corrected chi connectivity index (χ4v) is 3.35. The van der Waals surface area contributed by atoms with Gasteiger partial charge in [-0.05, 0) is 29.8 Å². The quantitative estimate of drug-likeness (QED) is 0.355. The third kappa shape index (κ3) is 6.08. The van der Waals surface area contributed by atoms with E-state index in [0.29, 0.717) is 16.1 Å². The van der Waals surface area contributed by atoms with Crippen molar-refractivity contribution in [1.82, 2.24) is 5.32 Å². The van der Waals surface area contributed by atoms with Gasteiger partial charge in [-0.15, -0.1) is 0 Å². The Kier molecular flexibility index (Phi) is 7.66. The van der Waals surface area contributed by atoms with Gasteiger partial charge in [-0.2, -0.15) is 5.26 Å². The van der Waals surface area contributed by atoms with Crippen LogP contribution in [0, 0.1) is 17.1 Å². The smallest absolute Gasteiger partial charge is 0.262 e. The van der Waals surface area contributed by atoms with Gasteiger partial charge in [0.2, 0.25) is 0 Å². The Labute approximate surface area is 189 Å². The molecule has 0 saturated heterocycles. The van der Waals surface area contributed by atoms with E-state index in [0.717, 1.165) is 5.56 Å². The summed E-state index contributed by atoms with van der Waals surface area (Å²) in [5, 5.41) is 12.7. The molecular formula is C24H17Cl2FN2O2. The number of amides is 1. The van der Waals surface area contributed by atoms with E-state index in [1.807, 2.05) is 36.4 Å². The topological polar surface area (TPSA) is 62.1 Å². The maximum Gasteiger partial charge on any atom is 0.262 e. The molecule has 3 rings (SSSR count). The third-order valence-corrected chi connectivity index (χ3v) is 4.83. The molecule has 0 aliphatic rings. The average molecular weight is 455 g/mol. The number of nitrogens with one attached hydrogen (secondary N) is 1. The highest BCUT2D eigenvalue weighted by molar-refractivity contribution is 6.36. The van der Waals surface area contributed by atoms with E-state index in [1.54, 1.807) is 18.2 Å². The second kappa shape index (κ2) is 10.6. The van der Waals surface area contributed by atoms with Crippen molar-refractivity contribution < 1.29 is 13.9 Å². The lowest BCUT2D eigenvalue weighted by Crippen LogP contribution is -2.23. The van der Waals surface area contributed by atoms with E-state index in [-0.39, 0.29) is 29.5 Å². The van der Waals surface area contributed by atoms with E-state index in [9.17, 15) is 14.4 Å². The van der Waals surface area contributed by atoms with Gasteiger partial charge in [0, 0.05) is 22.7 Å². The Balaban J connectivity index is 1.84. The summed E-state index contributed by atoms with van der Waals surface area (Å²) in [4.78, 5) is 12.5. The first kappa shape index (κ1) is 22.4. The minimum absolute atomic E-state index is 0.0864. The molecule has 156 valence electrons. The van der Waals surface area contributed by atoms with Crippen LogP contribution in [0.4, 0.5) is 4.39 Å². The summed E-state index contributed by atoms with van der Waals surface area (Å²) < 4.78 is 19.6. The van der Waals surface area contributed by atoms with Crippen molar-refractivity contribution in [3.8, 4) is 11.8 Å². The first-order valence-electron chi connectivity index (χ1n) is 9.27. The fourth-order valence-electron chi connectivity index (χ4n) is 2.78. The summed E-state index contributed by atoms with van der Waals surface area (Å²) in [6.45, 7) is 0.183. The fraction of sp³-hybridized carbons (Fsp3) is 0.0833. The van der Waals surface area contributed by atoms with Crippen LogP contribution in [-0.4, -0.2) is 5.91 Å². The lowest BCUT2D eigenvalue weighted by molar-refractivity contribution is -0.117. The molecule has 3 aromatic carbocycles. The van der Waals surface area contributed by atoms with Crippen molar-refractivity contribution in [3.05, 3.63) is 105 Å². The Bertz CT molecular complexity index is 1160. The van der Waals surface area contributed by atoms with Crippen molar-refractivity contribution in [2.24, 2.45) is 0 Å². The number of halogens is 3. The molecule has 0 bridgehead atoms. The second-order valence-corrected chi connectivity index (χ2v) is 7.37. The van der Waals surface area contributed by atoms with Crippen molar-refractivity contribution in [3.63, 3.8) is 0 Å². The van der Waals surface area contributed by atoms with E-state index < -0.39 is 11.7 Å². The van der Waals surface area contributed by atoms with Crippen LogP contribution in [0.15, 0.2) is 72.3 Å². The number of benzene rings is 3. The van der Waals surface area contributed by atoms with Gasteiger partial charge in [0.05, 0.1) is 5.02 Å². The van der Waals surface area contributed by atoms with Crippen molar-refractivity contribution in [2.45, 2.75) is 13.2 Å². The molecule has 0 fully saturated rings. The molecule has 7 heteroatoms. The molecule has 3 aromatic rings. The van der Waals surface area contributed by atoms with E-state index in [4.69, 9.17) is 27.9 Å². The molecule has 0 saturated carbocycles. The van der Waals surface area contributed by atoms with Crippen LogP contribution < -0.4 is 10.1 Å². The predicted octanol–water partition coefficient (Wildman–Crippen LogP) is 5.93. The van der Waals surface area contributed by atoms with Crippen LogP contribution in [-0.2, 0) is 17.9 Å². The summed E-state index contributed by atoms with van der Waals surface area (Å²) in [7, 11) is 0. The summed E-state index contributed by atoms with van der Waals surface area (Å²) in [5.41, 5.74) is 1.42. The molecule has 0 radical (unpaired) electrons. The zero-order valence-electron chi connectivity index (χ0n) is 16.2. The number of nitrogens with zero attached hydrogens (tertiary/aromatic N) is 1. The molecule has 0 atom stereocenters. The second-order valence-electron chi connectivity index (χ2n) is 6.52. The molecule has 0 unspecified atom stereocenters. The first-order valence-corrected chi connectivity index (χ1v) is 10.0. The van der Waals surface area contributed by atoms with E-state index >= 15 is 0 Å². The van der Waals surface area contributed by atoms with Crippen LogP contribution in [0.1, 0.15) is 16.7 Å². The van der Waals surface area contributed by atoms with Gasteiger partial charge in [0.1, 0.15) is 29.8 Å². The molecular weight excluding hydrogens is 438 g/mol. The highest BCUT2D eigenvalue weighted by atomic mass is 35.5. The predicted molar refractivity (Wildman–Crippen MR) is 119 cm³/mol. The van der Waals surface area contributed by atoms with Crippen molar-refractivity contribution >= 4 is 35.2 Å². The molecule has 31 heavy (non-hydrogen) atoms. The number of carbonyl (C=O) groups is 1. The summed E-state index contributed by atoms with van der Waals surface area (Å²) >= 11 is 12.4. The number of nitriles is 1. The lowest BCUT2D eigenvalue weighted by atomic mass is 10.1. The Morgan fingerprint density at radius 2 is 1.81 bits per heavy atom. The Morgan fingerprint density at radius 3 is 2.52 bits per heavy atom.